The molecule has 0 radical (unpaired) electrons. The van der Waals surface area contributed by atoms with Crippen LogP contribution in [0.25, 0.3) is 22.0 Å². The molecule has 0 fully saturated rings. The molecule has 0 bridgehead atoms. The summed E-state index contributed by atoms with van der Waals surface area (Å²) in [6, 6.07) is 10.5. The Hall–Kier alpha value is -2.82. The first kappa shape index (κ1) is 12.9. The van der Waals surface area contributed by atoms with Gasteiger partial charge >= 0.3 is 0 Å². The van der Waals surface area contributed by atoms with Gasteiger partial charge in [-0.05, 0) is 53.8 Å². The van der Waals surface area contributed by atoms with Crippen LogP contribution in [0.3, 0.4) is 0 Å². The lowest BCUT2D eigenvalue weighted by Crippen LogP contribution is -2.01. The number of aryl methyl sites for hydroxylation is 1. The van der Waals surface area contributed by atoms with Crippen LogP contribution in [0.1, 0.15) is 11.1 Å². The summed E-state index contributed by atoms with van der Waals surface area (Å²) in [5, 5.41) is 4.27. The molecule has 0 amide bonds. The zero-order valence-electron chi connectivity index (χ0n) is 12.4. The molecule has 0 unspecified atom stereocenters. The Morgan fingerprint density at radius 3 is 2.82 bits per heavy atom. The maximum atomic E-state index is 5.96. The molecule has 0 aliphatic carbocycles. The van der Waals surface area contributed by atoms with E-state index in [4.69, 9.17) is 11.5 Å². The zero-order chi connectivity index (χ0) is 15.3. The summed E-state index contributed by atoms with van der Waals surface area (Å²) in [5.74, 6) is 0.636. The monoisotopic (exact) mass is 291 g/mol. The third kappa shape index (κ3) is 1.86. The zero-order valence-corrected chi connectivity index (χ0v) is 12.4. The number of fused-ring (bicyclic) bond motifs is 2. The van der Waals surface area contributed by atoms with Crippen molar-refractivity contribution >= 4 is 28.4 Å². The minimum Gasteiger partial charge on any atom is -0.384 e. The number of nitrogen functional groups attached to an aromatic ring is 2. The maximum Gasteiger partial charge on any atom is 0.222 e. The summed E-state index contributed by atoms with van der Waals surface area (Å²) < 4.78 is 0. The van der Waals surface area contributed by atoms with Crippen LogP contribution in [0.4, 0.5) is 17.5 Å². The number of rotatable bonds is 1. The number of benzene rings is 2. The maximum absolute atomic E-state index is 5.96. The molecule has 5 heteroatoms. The first-order valence-corrected chi connectivity index (χ1v) is 7.33. The number of aromatic nitrogens is 2. The van der Waals surface area contributed by atoms with Crippen LogP contribution in [0.2, 0.25) is 0 Å². The molecular weight excluding hydrogens is 274 g/mol. The van der Waals surface area contributed by atoms with Gasteiger partial charge < -0.3 is 16.8 Å². The highest BCUT2D eigenvalue weighted by atomic mass is 15.0. The Kier molecular flexibility index (Phi) is 2.69. The molecule has 2 heterocycles. The van der Waals surface area contributed by atoms with E-state index in [9.17, 15) is 0 Å². The molecule has 0 saturated carbocycles. The van der Waals surface area contributed by atoms with E-state index >= 15 is 0 Å². The number of hydrogen-bond donors (Lipinski definition) is 3. The van der Waals surface area contributed by atoms with Crippen LogP contribution in [0, 0.1) is 6.92 Å². The standard InChI is InChI=1S/C17H17N5/c1-9-7-13-15(21-17(19)22-16(13)18)8-12(9)10-3-2-4-14-11(10)5-6-20-14/h2-4,7-8,20H,5-6H2,1H3,(H4,18,19,21,22). The first-order chi connectivity index (χ1) is 10.6. The number of nitrogens with two attached hydrogens (primary N) is 2. The second kappa shape index (κ2) is 4.59. The Balaban J connectivity index is 2.00. The lowest BCUT2D eigenvalue weighted by Gasteiger charge is -2.13. The van der Waals surface area contributed by atoms with Crippen molar-refractivity contribution in [3.8, 4) is 11.1 Å². The van der Waals surface area contributed by atoms with Crippen LogP contribution in [-0.4, -0.2) is 16.5 Å². The Bertz CT molecular complexity index is 901. The van der Waals surface area contributed by atoms with Crippen molar-refractivity contribution in [2.75, 3.05) is 23.3 Å². The lowest BCUT2D eigenvalue weighted by molar-refractivity contribution is 1.11. The highest BCUT2D eigenvalue weighted by molar-refractivity contribution is 5.94. The fourth-order valence-electron chi connectivity index (χ4n) is 3.21. The van der Waals surface area contributed by atoms with Crippen molar-refractivity contribution < 1.29 is 0 Å². The van der Waals surface area contributed by atoms with Crippen LogP contribution in [-0.2, 0) is 6.42 Å². The predicted octanol–water partition coefficient (Wildman–Crippen LogP) is 2.74. The molecule has 5 nitrogen and oxygen atoms in total. The lowest BCUT2D eigenvalue weighted by atomic mass is 9.93. The quantitative estimate of drug-likeness (QED) is 0.641. The number of anilines is 3. The smallest absolute Gasteiger partial charge is 0.222 e. The normalized spacial score (nSPS) is 13.1. The van der Waals surface area contributed by atoms with Gasteiger partial charge in [0.1, 0.15) is 5.82 Å². The first-order valence-electron chi connectivity index (χ1n) is 7.33. The Morgan fingerprint density at radius 1 is 1.09 bits per heavy atom. The number of nitrogens with zero attached hydrogens (tertiary/aromatic N) is 2. The van der Waals surface area contributed by atoms with Crippen molar-refractivity contribution in [2.24, 2.45) is 0 Å². The van der Waals surface area contributed by atoms with Crippen molar-refractivity contribution in [3.05, 3.63) is 41.5 Å². The third-order valence-electron chi connectivity index (χ3n) is 4.25. The van der Waals surface area contributed by atoms with Gasteiger partial charge in [0.05, 0.1) is 5.52 Å². The minimum atomic E-state index is 0.208. The van der Waals surface area contributed by atoms with E-state index in [0.29, 0.717) is 5.82 Å². The van der Waals surface area contributed by atoms with Gasteiger partial charge in [0, 0.05) is 17.6 Å². The molecule has 0 spiro atoms. The molecule has 110 valence electrons. The topological polar surface area (TPSA) is 89.8 Å². The fourth-order valence-corrected chi connectivity index (χ4v) is 3.21. The average Bonchev–Trinajstić information content (AvgIpc) is 2.96. The molecule has 4 rings (SSSR count). The van der Waals surface area contributed by atoms with Gasteiger partial charge in [0.15, 0.2) is 0 Å². The van der Waals surface area contributed by atoms with Crippen LogP contribution in [0.5, 0.6) is 0 Å². The van der Waals surface area contributed by atoms with E-state index in [1.807, 2.05) is 6.07 Å². The molecule has 2 aromatic carbocycles. The highest BCUT2D eigenvalue weighted by Crippen LogP contribution is 2.36. The van der Waals surface area contributed by atoms with Crippen LogP contribution < -0.4 is 16.8 Å². The molecule has 0 saturated heterocycles. The molecule has 3 aromatic rings. The van der Waals surface area contributed by atoms with Crippen LogP contribution >= 0.6 is 0 Å². The molecular formula is C17H17N5. The van der Waals surface area contributed by atoms with Crippen molar-refractivity contribution in [1.82, 2.24) is 9.97 Å². The second-order valence-electron chi connectivity index (χ2n) is 5.66. The SMILES string of the molecule is Cc1cc2c(N)nc(N)nc2cc1-c1cccc2c1CCN2. The number of hydrogen-bond acceptors (Lipinski definition) is 5. The summed E-state index contributed by atoms with van der Waals surface area (Å²) in [6.45, 7) is 3.08. The van der Waals surface area contributed by atoms with Gasteiger partial charge in [-0.2, -0.15) is 4.98 Å². The summed E-state index contributed by atoms with van der Waals surface area (Å²) in [7, 11) is 0. The van der Waals surface area contributed by atoms with E-state index in [-0.39, 0.29) is 5.95 Å². The second-order valence-corrected chi connectivity index (χ2v) is 5.66. The van der Waals surface area contributed by atoms with Gasteiger partial charge in [0.2, 0.25) is 5.95 Å². The Labute approximate surface area is 128 Å². The summed E-state index contributed by atoms with van der Waals surface area (Å²) >= 11 is 0. The summed E-state index contributed by atoms with van der Waals surface area (Å²) in [6.07, 6.45) is 1.04. The van der Waals surface area contributed by atoms with Gasteiger partial charge in [-0.25, -0.2) is 4.98 Å². The van der Waals surface area contributed by atoms with E-state index in [2.05, 4.69) is 46.5 Å². The molecule has 1 aliphatic rings. The third-order valence-corrected chi connectivity index (χ3v) is 4.25. The van der Waals surface area contributed by atoms with Gasteiger partial charge in [-0.1, -0.05) is 12.1 Å². The minimum absolute atomic E-state index is 0.208. The molecule has 22 heavy (non-hydrogen) atoms. The fraction of sp³-hybridized carbons (Fsp3) is 0.176. The summed E-state index contributed by atoms with van der Waals surface area (Å²) in [4.78, 5) is 8.37. The van der Waals surface area contributed by atoms with Crippen molar-refractivity contribution in [2.45, 2.75) is 13.3 Å². The average molecular weight is 291 g/mol. The van der Waals surface area contributed by atoms with Gasteiger partial charge in [-0.15, -0.1) is 0 Å². The number of nitrogens with one attached hydrogen (secondary N) is 1. The van der Waals surface area contributed by atoms with E-state index in [0.717, 1.165) is 29.4 Å². The van der Waals surface area contributed by atoms with E-state index in [1.165, 1.54) is 22.4 Å². The highest BCUT2D eigenvalue weighted by Gasteiger charge is 2.17. The van der Waals surface area contributed by atoms with Crippen LogP contribution in [0.15, 0.2) is 30.3 Å². The van der Waals surface area contributed by atoms with E-state index in [1.54, 1.807) is 0 Å². The largest absolute Gasteiger partial charge is 0.384 e. The summed E-state index contributed by atoms with van der Waals surface area (Å²) in [5.41, 5.74) is 18.6. The predicted molar refractivity (Wildman–Crippen MR) is 90.7 cm³/mol. The van der Waals surface area contributed by atoms with E-state index < -0.39 is 0 Å². The van der Waals surface area contributed by atoms with Crippen molar-refractivity contribution in [3.63, 3.8) is 0 Å². The van der Waals surface area contributed by atoms with Gasteiger partial charge in [-0.3, -0.25) is 0 Å². The molecule has 1 aromatic heterocycles. The Morgan fingerprint density at radius 2 is 1.95 bits per heavy atom. The molecule has 0 atom stereocenters. The van der Waals surface area contributed by atoms with Crippen molar-refractivity contribution in [1.29, 1.82) is 0 Å². The molecule has 1 aliphatic heterocycles. The van der Waals surface area contributed by atoms with Gasteiger partial charge in [0.25, 0.3) is 0 Å². The molecule has 5 N–H and O–H groups in total.